The van der Waals surface area contributed by atoms with Crippen LogP contribution in [0.4, 0.5) is 24.5 Å². The van der Waals surface area contributed by atoms with Gasteiger partial charge in [-0.2, -0.15) is 18.0 Å². The van der Waals surface area contributed by atoms with Crippen molar-refractivity contribution < 1.29 is 26.7 Å². The summed E-state index contributed by atoms with van der Waals surface area (Å²) in [5.74, 6) is 0.271. The number of tetrazole rings is 1. The zero-order chi connectivity index (χ0) is 24.6. The highest BCUT2D eigenvalue weighted by Gasteiger charge is 2.36. The van der Waals surface area contributed by atoms with Crippen molar-refractivity contribution in [2.24, 2.45) is 0 Å². The van der Waals surface area contributed by atoms with Crippen molar-refractivity contribution >= 4 is 21.4 Å². The SMILES string of the molecule is CS(=O)(=O)N1CCC(O)(Cn2nnc(-c3ccccc3Nc3ccc(C(F)(F)F)cc3)n2)CC1. The monoisotopic (exact) mass is 496 g/mol. The molecule has 0 atom stereocenters. The number of alkyl halides is 3. The third-order valence-corrected chi connectivity index (χ3v) is 6.97. The summed E-state index contributed by atoms with van der Waals surface area (Å²) < 4.78 is 63.1. The fourth-order valence-corrected chi connectivity index (χ4v) is 4.60. The Hall–Kier alpha value is -3.03. The topological polar surface area (TPSA) is 113 Å². The minimum absolute atomic E-state index is 0.0477. The second-order valence-corrected chi connectivity index (χ2v) is 10.3. The van der Waals surface area contributed by atoms with Gasteiger partial charge in [0.05, 0.1) is 24.0 Å². The van der Waals surface area contributed by atoms with Crippen molar-refractivity contribution in [3.05, 3.63) is 54.1 Å². The van der Waals surface area contributed by atoms with Gasteiger partial charge in [0.25, 0.3) is 0 Å². The van der Waals surface area contributed by atoms with Crippen LogP contribution in [0.2, 0.25) is 0 Å². The average Bonchev–Trinajstić information content (AvgIpc) is 3.21. The Morgan fingerprint density at radius 2 is 1.74 bits per heavy atom. The zero-order valence-corrected chi connectivity index (χ0v) is 19.0. The van der Waals surface area contributed by atoms with Crippen LogP contribution in [0.1, 0.15) is 18.4 Å². The van der Waals surface area contributed by atoms with Crippen molar-refractivity contribution in [2.45, 2.75) is 31.2 Å². The highest BCUT2D eigenvalue weighted by atomic mass is 32.2. The van der Waals surface area contributed by atoms with Gasteiger partial charge in [-0.3, -0.25) is 0 Å². The van der Waals surface area contributed by atoms with Gasteiger partial charge in [-0.1, -0.05) is 12.1 Å². The smallest absolute Gasteiger partial charge is 0.388 e. The van der Waals surface area contributed by atoms with Crippen molar-refractivity contribution in [1.82, 2.24) is 24.5 Å². The lowest BCUT2D eigenvalue weighted by molar-refractivity contribution is -0.137. The first-order valence-corrected chi connectivity index (χ1v) is 12.3. The number of sulfonamides is 1. The number of hydrogen-bond acceptors (Lipinski definition) is 7. The molecular weight excluding hydrogens is 473 g/mol. The molecule has 1 aliphatic rings. The van der Waals surface area contributed by atoms with Crippen LogP contribution < -0.4 is 5.32 Å². The number of halogens is 3. The van der Waals surface area contributed by atoms with Gasteiger partial charge in [0, 0.05) is 30.0 Å². The summed E-state index contributed by atoms with van der Waals surface area (Å²) in [6.45, 7) is 0.458. The van der Waals surface area contributed by atoms with E-state index in [2.05, 4.69) is 20.7 Å². The molecule has 34 heavy (non-hydrogen) atoms. The number of para-hydroxylation sites is 1. The summed E-state index contributed by atoms with van der Waals surface area (Å²) in [4.78, 5) is 1.26. The largest absolute Gasteiger partial charge is 0.416 e. The van der Waals surface area contributed by atoms with Crippen molar-refractivity contribution in [3.8, 4) is 11.4 Å². The van der Waals surface area contributed by atoms with Crippen LogP contribution in [0.25, 0.3) is 11.4 Å². The maximum Gasteiger partial charge on any atom is 0.416 e. The van der Waals surface area contributed by atoms with Crippen LogP contribution in [0.15, 0.2) is 48.5 Å². The molecule has 0 aliphatic carbocycles. The van der Waals surface area contributed by atoms with Crippen LogP contribution in [0.3, 0.4) is 0 Å². The number of nitrogens with zero attached hydrogens (tertiary/aromatic N) is 5. The van der Waals surface area contributed by atoms with E-state index in [1.54, 1.807) is 24.3 Å². The van der Waals surface area contributed by atoms with Gasteiger partial charge < -0.3 is 10.4 Å². The Balaban J connectivity index is 1.48. The van der Waals surface area contributed by atoms with Crippen molar-refractivity contribution in [1.29, 1.82) is 0 Å². The first-order chi connectivity index (χ1) is 15.9. The second-order valence-electron chi connectivity index (χ2n) is 8.28. The predicted molar refractivity (Wildman–Crippen MR) is 119 cm³/mol. The Bertz CT molecular complexity index is 1250. The molecule has 0 radical (unpaired) electrons. The van der Waals surface area contributed by atoms with Crippen LogP contribution in [-0.4, -0.2) is 63.0 Å². The van der Waals surface area contributed by atoms with E-state index in [0.29, 0.717) is 16.9 Å². The summed E-state index contributed by atoms with van der Waals surface area (Å²) in [6.07, 6.45) is -2.80. The zero-order valence-electron chi connectivity index (χ0n) is 18.2. The number of aliphatic hydroxyl groups is 1. The number of piperidine rings is 1. The summed E-state index contributed by atoms with van der Waals surface area (Å²) >= 11 is 0. The van der Waals surface area contributed by atoms with E-state index in [9.17, 15) is 26.7 Å². The normalized spacial score (nSPS) is 17.0. The number of anilines is 2. The van der Waals surface area contributed by atoms with Gasteiger partial charge in [0.15, 0.2) is 0 Å². The van der Waals surface area contributed by atoms with Crippen molar-refractivity contribution in [2.75, 3.05) is 24.7 Å². The van der Waals surface area contributed by atoms with E-state index < -0.39 is 27.4 Å². The maximum atomic E-state index is 12.8. The number of nitrogens with one attached hydrogen (secondary N) is 1. The quantitative estimate of drug-likeness (QED) is 0.540. The molecule has 0 amide bonds. The van der Waals surface area contributed by atoms with E-state index in [1.165, 1.54) is 21.2 Å². The minimum Gasteiger partial charge on any atom is -0.388 e. The Labute approximate surface area is 194 Å². The van der Waals surface area contributed by atoms with Crippen LogP contribution in [0.5, 0.6) is 0 Å². The minimum atomic E-state index is -4.41. The lowest BCUT2D eigenvalue weighted by Gasteiger charge is -2.36. The molecule has 1 fully saturated rings. The summed E-state index contributed by atoms with van der Waals surface area (Å²) in [7, 11) is -3.31. The molecule has 2 aromatic carbocycles. The number of aromatic nitrogens is 4. The average molecular weight is 497 g/mol. The molecule has 2 heterocycles. The van der Waals surface area contributed by atoms with Gasteiger partial charge >= 0.3 is 6.18 Å². The lowest BCUT2D eigenvalue weighted by Crippen LogP contribution is -2.48. The number of hydrogen-bond donors (Lipinski definition) is 2. The van der Waals surface area contributed by atoms with Gasteiger partial charge in [0.1, 0.15) is 0 Å². The Morgan fingerprint density at radius 3 is 2.35 bits per heavy atom. The van der Waals surface area contributed by atoms with E-state index >= 15 is 0 Å². The fraction of sp³-hybridized carbons (Fsp3) is 0.381. The number of rotatable bonds is 6. The lowest BCUT2D eigenvalue weighted by atomic mass is 9.93. The van der Waals surface area contributed by atoms with Gasteiger partial charge in [0.2, 0.25) is 15.8 Å². The van der Waals surface area contributed by atoms with Gasteiger partial charge in [-0.05, 0) is 54.5 Å². The van der Waals surface area contributed by atoms with E-state index in [4.69, 9.17) is 0 Å². The predicted octanol–water partition coefficient (Wildman–Crippen LogP) is 2.89. The third kappa shape index (κ3) is 5.54. The molecule has 0 saturated carbocycles. The Kier molecular flexibility index (Phi) is 6.36. The molecule has 2 N–H and O–H groups in total. The van der Waals surface area contributed by atoms with E-state index in [0.717, 1.165) is 18.4 Å². The first kappa shape index (κ1) is 24.1. The molecule has 1 saturated heterocycles. The third-order valence-electron chi connectivity index (χ3n) is 5.67. The first-order valence-electron chi connectivity index (χ1n) is 10.4. The summed E-state index contributed by atoms with van der Waals surface area (Å²) in [5, 5.41) is 26.4. The standard InChI is InChI=1S/C21H23F3N6O3S/c1-34(32,33)29-12-10-20(31,11-13-29)14-30-27-19(26-28-30)17-4-2-3-5-18(17)25-16-8-6-15(7-9-16)21(22,23)24/h2-9,25,31H,10-14H2,1H3. The molecule has 9 nitrogen and oxygen atoms in total. The highest BCUT2D eigenvalue weighted by Crippen LogP contribution is 2.32. The van der Waals surface area contributed by atoms with Crippen LogP contribution in [0, 0.1) is 0 Å². The summed E-state index contributed by atoms with van der Waals surface area (Å²) in [6, 6.07) is 11.7. The molecule has 4 rings (SSSR count). The second kappa shape index (κ2) is 8.96. The fourth-order valence-electron chi connectivity index (χ4n) is 3.76. The number of benzene rings is 2. The van der Waals surface area contributed by atoms with Crippen LogP contribution in [-0.2, 0) is 22.7 Å². The summed E-state index contributed by atoms with van der Waals surface area (Å²) in [5.41, 5.74) is -0.303. The van der Waals surface area contributed by atoms with E-state index in [-0.39, 0.29) is 38.3 Å². The van der Waals surface area contributed by atoms with E-state index in [1.807, 2.05) is 0 Å². The molecule has 0 unspecified atom stereocenters. The van der Waals surface area contributed by atoms with Gasteiger partial charge in [-0.25, -0.2) is 12.7 Å². The maximum absolute atomic E-state index is 12.8. The molecule has 182 valence electrons. The molecule has 1 aromatic heterocycles. The highest BCUT2D eigenvalue weighted by molar-refractivity contribution is 7.88. The van der Waals surface area contributed by atoms with Crippen molar-refractivity contribution in [3.63, 3.8) is 0 Å². The molecular formula is C21H23F3N6O3S. The Morgan fingerprint density at radius 1 is 1.09 bits per heavy atom. The van der Waals surface area contributed by atoms with Crippen LogP contribution >= 0.6 is 0 Å². The molecule has 0 bridgehead atoms. The molecule has 1 aliphatic heterocycles. The molecule has 0 spiro atoms. The molecule has 13 heteroatoms. The molecule has 3 aromatic rings. The van der Waals surface area contributed by atoms with Gasteiger partial charge in [-0.15, -0.1) is 10.2 Å².